The predicted octanol–water partition coefficient (Wildman–Crippen LogP) is 2.07. The number of benzene rings is 1. The minimum atomic E-state index is 0.536. The quantitative estimate of drug-likeness (QED) is 0.776. The maximum atomic E-state index is 5.77. The van der Waals surface area contributed by atoms with E-state index < -0.39 is 0 Å². The van der Waals surface area contributed by atoms with Crippen molar-refractivity contribution >= 4 is 0 Å². The summed E-state index contributed by atoms with van der Waals surface area (Å²) in [7, 11) is 1.74. The van der Waals surface area contributed by atoms with Gasteiger partial charge >= 0.3 is 0 Å². The summed E-state index contributed by atoms with van der Waals surface area (Å²) in [6.07, 6.45) is 3.59. The van der Waals surface area contributed by atoms with E-state index in [4.69, 9.17) is 10.5 Å². The van der Waals surface area contributed by atoms with Gasteiger partial charge in [0.05, 0.1) is 7.11 Å². The molecule has 2 nitrogen and oxygen atoms in total. The summed E-state index contributed by atoms with van der Waals surface area (Å²) in [6.45, 7) is 0.750. The SMILES string of the molecule is COc1cccc2c1CCC[C@H]2CN. The summed E-state index contributed by atoms with van der Waals surface area (Å²) in [5.41, 5.74) is 8.54. The van der Waals surface area contributed by atoms with Gasteiger partial charge in [-0.1, -0.05) is 12.1 Å². The second-order valence-electron chi connectivity index (χ2n) is 3.85. The van der Waals surface area contributed by atoms with E-state index in [-0.39, 0.29) is 0 Å². The Hall–Kier alpha value is -1.02. The highest BCUT2D eigenvalue weighted by molar-refractivity contribution is 5.43. The van der Waals surface area contributed by atoms with Gasteiger partial charge in [-0.15, -0.1) is 0 Å². The molecule has 0 heterocycles. The zero-order chi connectivity index (χ0) is 9.97. The van der Waals surface area contributed by atoms with Gasteiger partial charge in [-0.05, 0) is 48.9 Å². The molecular formula is C12H17NO. The molecule has 0 spiro atoms. The number of hydrogen-bond acceptors (Lipinski definition) is 2. The zero-order valence-corrected chi connectivity index (χ0v) is 8.62. The van der Waals surface area contributed by atoms with Crippen LogP contribution < -0.4 is 10.5 Å². The van der Waals surface area contributed by atoms with Gasteiger partial charge in [-0.3, -0.25) is 0 Å². The third-order valence-electron chi connectivity index (χ3n) is 3.09. The van der Waals surface area contributed by atoms with Crippen molar-refractivity contribution < 1.29 is 4.74 Å². The van der Waals surface area contributed by atoms with Crippen molar-refractivity contribution in [3.63, 3.8) is 0 Å². The molecule has 1 aliphatic carbocycles. The Morgan fingerprint density at radius 3 is 3.07 bits per heavy atom. The van der Waals surface area contributed by atoms with Crippen LogP contribution in [0, 0.1) is 0 Å². The van der Waals surface area contributed by atoms with E-state index in [1.807, 2.05) is 6.07 Å². The van der Waals surface area contributed by atoms with Gasteiger partial charge in [0.15, 0.2) is 0 Å². The van der Waals surface area contributed by atoms with E-state index in [9.17, 15) is 0 Å². The summed E-state index contributed by atoms with van der Waals surface area (Å²) in [4.78, 5) is 0. The molecule has 0 aromatic heterocycles. The lowest BCUT2D eigenvalue weighted by Crippen LogP contribution is -2.18. The third kappa shape index (κ3) is 1.50. The molecule has 76 valence electrons. The summed E-state index contributed by atoms with van der Waals surface area (Å²) in [6, 6.07) is 6.29. The van der Waals surface area contributed by atoms with E-state index in [1.165, 1.54) is 24.0 Å². The first-order chi connectivity index (χ1) is 6.86. The Bertz CT molecular complexity index is 322. The Morgan fingerprint density at radius 2 is 2.36 bits per heavy atom. The number of nitrogens with two attached hydrogens (primary N) is 1. The average molecular weight is 191 g/mol. The van der Waals surface area contributed by atoms with Crippen molar-refractivity contribution in [2.24, 2.45) is 5.73 Å². The first-order valence-electron chi connectivity index (χ1n) is 5.22. The molecule has 0 saturated heterocycles. The van der Waals surface area contributed by atoms with E-state index in [0.717, 1.165) is 18.7 Å². The van der Waals surface area contributed by atoms with Crippen LogP contribution in [0.3, 0.4) is 0 Å². The average Bonchev–Trinajstić information content (AvgIpc) is 2.27. The molecule has 0 aliphatic heterocycles. The van der Waals surface area contributed by atoms with Crippen LogP contribution in [0.2, 0.25) is 0 Å². The normalized spacial score (nSPS) is 20.3. The van der Waals surface area contributed by atoms with Gasteiger partial charge in [0, 0.05) is 0 Å². The molecule has 0 radical (unpaired) electrons. The van der Waals surface area contributed by atoms with E-state index in [0.29, 0.717) is 5.92 Å². The van der Waals surface area contributed by atoms with Crippen molar-refractivity contribution in [3.8, 4) is 5.75 Å². The number of rotatable bonds is 2. The summed E-state index contributed by atoms with van der Waals surface area (Å²) < 4.78 is 5.36. The number of methoxy groups -OCH3 is 1. The van der Waals surface area contributed by atoms with Crippen LogP contribution in [0.5, 0.6) is 5.75 Å². The van der Waals surface area contributed by atoms with Crippen LogP contribution in [0.4, 0.5) is 0 Å². The largest absolute Gasteiger partial charge is 0.496 e. The van der Waals surface area contributed by atoms with Gasteiger partial charge in [0.2, 0.25) is 0 Å². The highest BCUT2D eigenvalue weighted by Crippen LogP contribution is 2.35. The van der Waals surface area contributed by atoms with E-state index in [1.54, 1.807) is 7.11 Å². The molecule has 2 heteroatoms. The minimum Gasteiger partial charge on any atom is -0.496 e. The molecule has 1 aromatic rings. The lowest BCUT2D eigenvalue weighted by atomic mass is 9.82. The zero-order valence-electron chi connectivity index (χ0n) is 8.62. The Kier molecular flexibility index (Phi) is 2.73. The highest BCUT2D eigenvalue weighted by Gasteiger charge is 2.21. The van der Waals surface area contributed by atoms with Crippen molar-refractivity contribution in [2.45, 2.75) is 25.2 Å². The molecular weight excluding hydrogens is 174 g/mol. The fraction of sp³-hybridized carbons (Fsp3) is 0.500. The molecule has 2 rings (SSSR count). The lowest BCUT2D eigenvalue weighted by Gasteiger charge is -2.25. The van der Waals surface area contributed by atoms with Crippen LogP contribution in [0.1, 0.15) is 29.9 Å². The first kappa shape index (κ1) is 9.53. The first-order valence-corrected chi connectivity index (χ1v) is 5.22. The molecule has 0 unspecified atom stereocenters. The van der Waals surface area contributed by atoms with Crippen molar-refractivity contribution in [3.05, 3.63) is 29.3 Å². The molecule has 0 bridgehead atoms. The smallest absolute Gasteiger partial charge is 0.122 e. The Morgan fingerprint density at radius 1 is 1.50 bits per heavy atom. The summed E-state index contributed by atoms with van der Waals surface area (Å²) in [5, 5.41) is 0. The molecule has 2 N–H and O–H groups in total. The van der Waals surface area contributed by atoms with Gasteiger partial charge in [-0.25, -0.2) is 0 Å². The van der Waals surface area contributed by atoms with Gasteiger partial charge < -0.3 is 10.5 Å². The maximum absolute atomic E-state index is 5.77. The predicted molar refractivity (Wildman–Crippen MR) is 57.7 cm³/mol. The van der Waals surface area contributed by atoms with Crippen LogP contribution in [0.25, 0.3) is 0 Å². The molecule has 0 fully saturated rings. The standard InChI is InChI=1S/C12H17NO/c1-14-12-7-3-5-10-9(8-13)4-2-6-11(10)12/h3,5,7,9H,2,4,6,8,13H2,1H3/t9-/m0/s1. The molecule has 1 atom stereocenters. The number of fused-ring (bicyclic) bond motifs is 1. The van der Waals surface area contributed by atoms with E-state index in [2.05, 4.69) is 12.1 Å². The lowest BCUT2D eigenvalue weighted by molar-refractivity contribution is 0.403. The fourth-order valence-corrected chi connectivity index (χ4v) is 2.35. The van der Waals surface area contributed by atoms with Crippen LogP contribution in [-0.4, -0.2) is 13.7 Å². The minimum absolute atomic E-state index is 0.536. The van der Waals surface area contributed by atoms with Crippen LogP contribution in [-0.2, 0) is 6.42 Å². The number of hydrogen-bond donors (Lipinski definition) is 1. The van der Waals surface area contributed by atoms with Crippen molar-refractivity contribution in [2.75, 3.05) is 13.7 Å². The van der Waals surface area contributed by atoms with Crippen LogP contribution >= 0.6 is 0 Å². The third-order valence-corrected chi connectivity index (χ3v) is 3.09. The second-order valence-corrected chi connectivity index (χ2v) is 3.85. The summed E-state index contributed by atoms with van der Waals surface area (Å²) in [5.74, 6) is 1.56. The summed E-state index contributed by atoms with van der Waals surface area (Å²) >= 11 is 0. The molecule has 0 amide bonds. The Balaban J connectivity index is 2.43. The van der Waals surface area contributed by atoms with E-state index >= 15 is 0 Å². The van der Waals surface area contributed by atoms with Crippen molar-refractivity contribution in [1.29, 1.82) is 0 Å². The molecule has 1 aromatic carbocycles. The van der Waals surface area contributed by atoms with Gasteiger partial charge in [-0.2, -0.15) is 0 Å². The molecule has 0 saturated carbocycles. The Labute approximate surface area is 85.1 Å². The monoisotopic (exact) mass is 191 g/mol. The molecule has 14 heavy (non-hydrogen) atoms. The molecule has 1 aliphatic rings. The second kappa shape index (κ2) is 4.01. The highest BCUT2D eigenvalue weighted by atomic mass is 16.5. The van der Waals surface area contributed by atoms with Gasteiger partial charge in [0.1, 0.15) is 5.75 Å². The van der Waals surface area contributed by atoms with Crippen LogP contribution in [0.15, 0.2) is 18.2 Å². The van der Waals surface area contributed by atoms with Crippen molar-refractivity contribution in [1.82, 2.24) is 0 Å². The van der Waals surface area contributed by atoms with Gasteiger partial charge in [0.25, 0.3) is 0 Å². The maximum Gasteiger partial charge on any atom is 0.122 e. The fourth-order valence-electron chi connectivity index (χ4n) is 2.35. The number of ether oxygens (including phenoxy) is 1. The topological polar surface area (TPSA) is 35.2 Å².